The number of carbonyl (C=O) groups excluding carboxylic acids is 1. The average Bonchev–Trinajstić information content (AvgIpc) is 3.29. The van der Waals surface area contributed by atoms with Gasteiger partial charge in [-0.05, 0) is 43.7 Å². The van der Waals surface area contributed by atoms with Gasteiger partial charge in [0, 0.05) is 55.8 Å². The Kier molecular flexibility index (Phi) is 8.07. The van der Waals surface area contributed by atoms with Gasteiger partial charge in [-0.25, -0.2) is 9.98 Å². The fourth-order valence-electron chi connectivity index (χ4n) is 3.68. The highest BCUT2D eigenvalue weighted by Gasteiger charge is 2.25. The molecule has 0 aliphatic carbocycles. The molecule has 7 nitrogen and oxygen atoms in total. The second-order valence-corrected chi connectivity index (χ2v) is 8.60. The zero-order valence-corrected chi connectivity index (χ0v) is 18.7. The molecule has 3 rings (SSSR count). The molecule has 162 valence electrons. The lowest BCUT2D eigenvalue weighted by Crippen LogP contribution is -2.40. The van der Waals surface area contributed by atoms with Gasteiger partial charge in [-0.1, -0.05) is 12.1 Å². The zero-order chi connectivity index (χ0) is 21.3. The lowest BCUT2D eigenvalue weighted by atomic mass is 9.96. The van der Waals surface area contributed by atoms with Crippen LogP contribution in [0, 0.1) is 5.92 Å². The van der Waals surface area contributed by atoms with Crippen LogP contribution in [-0.4, -0.2) is 55.0 Å². The van der Waals surface area contributed by atoms with Crippen molar-refractivity contribution < 1.29 is 4.79 Å². The molecule has 1 fully saturated rings. The molecule has 0 spiro atoms. The van der Waals surface area contributed by atoms with Crippen molar-refractivity contribution >= 4 is 29.0 Å². The standard InChI is InChI=1S/C22H32N6OS/c1-3-24-22(27(2)12-10-19-7-5-15-30-19)26-16-18-6-4-11-25-21(18)28-13-8-17(9-14-28)20(23)29/h4-7,11,15,17H,3,8-10,12-14,16H2,1-2H3,(H2,23,29)(H,24,26). The van der Waals surface area contributed by atoms with Crippen LogP contribution in [0.15, 0.2) is 40.8 Å². The van der Waals surface area contributed by atoms with Gasteiger partial charge in [-0.3, -0.25) is 4.79 Å². The molecule has 1 saturated heterocycles. The van der Waals surface area contributed by atoms with Crippen LogP contribution in [-0.2, 0) is 17.8 Å². The van der Waals surface area contributed by atoms with Crippen molar-refractivity contribution in [2.45, 2.75) is 32.7 Å². The number of piperidine rings is 1. The average molecular weight is 429 g/mol. The molecule has 0 atom stereocenters. The van der Waals surface area contributed by atoms with E-state index in [1.807, 2.05) is 12.3 Å². The minimum atomic E-state index is -0.193. The Morgan fingerprint density at radius 3 is 2.83 bits per heavy atom. The van der Waals surface area contributed by atoms with Gasteiger partial charge in [-0.2, -0.15) is 0 Å². The Bertz CT molecular complexity index is 830. The van der Waals surface area contributed by atoms with Crippen molar-refractivity contribution in [1.82, 2.24) is 15.2 Å². The molecule has 2 aromatic heterocycles. The summed E-state index contributed by atoms with van der Waals surface area (Å²) in [5.74, 6) is 1.64. The van der Waals surface area contributed by atoms with Crippen LogP contribution in [0.2, 0.25) is 0 Å². The largest absolute Gasteiger partial charge is 0.369 e. The maximum atomic E-state index is 11.5. The van der Waals surface area contributed by atoms with Gasteiger partial charge in [0.15, 0.2) is 5.96 Å². The van der Waals surface area contributed by atoms with Crippen molar-refractivity contribution in [3.8, 4) is 0 Å². The van der Waals surface area contributed by atoms with E-state index in [9.17, 15) is 4.79 Å². The monoisotopic (exact) mass is 428 g/mol. The lowest BCUT2D eigenvalue weighted by Gasteiger charge is -2.32. The Morgan fingerprint density at radius 2 is 2.17 bits per heavy atom. The first-order valence-corrected chi connectivity index (χ1v) is 11.5. The van der Waals surface area contributed by atoms with E-state index in [0.717, 1.165) is 62.8 Å². The van der Waals surface area contributed by atoms with Crippen LogP contribution in [0.25, 0.3) is 0 Å². The number of nitrogens with zero attached hydrogens (tertiary/aromatic N) is 4. The summed E-state index contributed by atoms with van der Waals surface area (Å²) in [7, 11) is 2.08. The van der Waals surface area contributed by atoms with Crippen molar-refractivity contribution in [2.75, 3.05) is 38.1 Å². The molecule has 2 aromatic rings. The molecule has 0 aromatic carbocycles. The van der Waals surface area contributed by atoms with Gasteiger partial charge in [0.05, 0.1) is 6.54 Å². The first-order chi connectivity index (χ1) is 14.6. The molecule has 0 unspecified atom stereocenters. The summed E-state index contributed by atoms with van der Waals surface area (Å²) in [4.78, 5) is 26.8. The molecule has 1 aliphatic heterocycles. The van der Waals surface area contributed by atoms with E-state index in [-0.39, 0.29) is 11.8 Å². The van der Waals surface area contributed by atoms with E-state index in [1.54, 1.807) is 11.3 Å². The smallest absolute Gasteiger partial charge is 0.220 e. The van der Waals surface area contributed by atoms with Crippen LogP contribution in [0.3, 0.4) is 0 Å². The maximum absolute atomic E-state index is 11.5. The number of aromatic nitrogens is 1. The highest BCUT2D eigenvalue weighted by Crippen LogP contribution is 2.25. The summed E-state index contributed by atoms with van der Waals surface area (Å²) in [6.07, 6.45) is 4.39. The van der Waals surface area contributed by atoms with E-state index in [2.05, 4.69) is 57.7 Å². The molecule has 1 amide bonds. The van der Waals surface area contributed by atoms with Crippen LogP contribution in [0.5, 0.6) is 0 Å². The summed E-state index contributed by atoms with van der Waals surface area (Å²) in [6.45, 7) is 5.96. The number of thiophene rings is 1. The van der Waals surface area contributed by atoms with E-state index in [1.165, 1.54) is 4.88 Å². The van der Waals surface area contributed by atoms with Crippen LogP contribution < -0.4 is 16.0 Å². The molecule has 8 heteroatoms. The number of amides is 1. The molecule has 0 radical (unpaired) electrons. The van der Waals surface area contributed by atoms with Gasteiger partial charge >= 0.3 is 0 Å². The topological polar surface area (TPSA) is 86.9 Å². The van der Waals surface area contributed by atoms with Crippen molar-refractivity contribution in [1.29, 1.82) is 0 Å². The number of guanidine groups is 1. The van der Waals surface area contributed by atoms with Gasteiger partial charge in [0.25, 0.3) is 0 Å². The third kappa shape index (κ3) is 5.95. The highest BCUT2D eigenvalue weighted by molar-refractivity contribution is 7.09. The minimum absolute atomic E-state index is 0.0243. The van der Waals surface area contributed by atoms with Gasteiger partial charge in [0.1, 0.15) is 5.82 Å². The number of primary amides is 1. The number of pyridine rings is 1. The number of likely N-dealkylation sites (N-methyl/N-ethyl adjacent to an activating group) is 1. The lowest BCUT2D eigenvalue weighted by molar-refractivity contribution is -0.122. The Labute approximate surface area is 183 Å². The summed E-state index contributed by atoms with van der Waals surface area (Å²) in [5, 5.41) is 5.51. The molecule has 3 heterocycles. The minimum Gasteiger partial charge on any atom is -0.369 e. The number of nitrogens with two attached hydrogens (primary N) is 1. The van der Waals surface area contributed by atoms with E-state index in [4.69, 9.17) is 10.7 Å². The molecular weight excluding hydrogens is 396 g/mol. The Balaban J connectivity index is 1.66. The van der Waals surface area contributed by atoms with E-state index >= 15 is 0 Å². The number of aliphatic imine (C=N–C) groups is 1. The number of carbonyl (C=O) groups is 1. The van der Waals surface area contributed by atoms with Crippen LogP contribution in [0.1, 0.15) is 30.2 Å². The third-order valence-corrected chi connectivity index (χ3v) is 6.37. The van der Waals surface area contributed by atoms with Crippen LogP contribution >= 0.6 is 11.3 Å². The molecule has 0 saturated carbocycles. The van der Waals surface area contributed by atoms with Crippen molar-refractivity contribution in [3.05, 3.63) is 46.3 Å². The Hall–Kier alpha value is -2.61. The molecule has 3 N–H and O–H groups in total. The van der Waals surface area contributed by atoms with Gasteiger partial charge in [0.2, 0.25) is 5.91 Å². The zero-order valence-electron chi connectivity index (χ0n) is 17.9. The second-order valence-electron chi connectivity index (χ2n) is 7.57. The normalized spacial score (nSPS) is 15.3. The van der Waals surface area contributed by atoms with Gasteiger partial charge in [-0.15, -0.1) is 11.3 Å². The van der Waals surface area contributed by atoms with Crippen molar-refractivity contribution in [3.63, 3.8) is 0 Å². The molecular formula is C22H32N6OS. The fourth-order valence-corrected chi connectivity index (χ4v) is 4.38. The highest BCUT2D eigenvalue weighted by atomic mass is 32.1. The quantitative estimate of drug-likeness (QED) is 0.498. The summed E-state index contributed by atoms with van der Waals surface area (Å²) in [6, 6.07) is 8.31. The summed E-state index contributed by atoms with van der Waals surface area (Å²) >= 11 is 1.79. The summed E-state index contributed by atoms with van der Waals surface area (Å²) < 4.78 is 0. The van der Waals surface area contributed by atoms with Gasteiger partial charge < -0.3 is 20.9 Å². The number of anilines is 1. The fraction of sp³-hybridized carbons (Fsp3) is 0.500. The van der Waals surface area contributed by atoms with Crippen LogP contribution in [0.4, 0.5) is 5.82 Å². The maximum Gasteiger partial charge on any atom is 0.220 e. The predicted octanol–water partition coefficient (Wildman–Crippen LogP) is 2.48. The Morgan fingerprint density at radius 1 is 1.37 bits per heavy atom. The van der Waals surface area contributed by atoms with Crippen molar-refractivity contribution in [2.24, 2.45) is 16.6 Å². The number of nitrogens with one attached hydrogen (secondary N) is 1. The predicted molar refractivity (Wildman–Crippen MR) is 124 cm³/mol. The molecule has 1 aliphatic rings. The second kappa shape index (κ2) is 11.0. The third-order valence-electron chi connectivity index (χ3n) is 5.43. The molecule has 0 bridgehead atoms. The SMILES string of the molecule is CCNC(=NCc1cccnc1N1CCC(C(N)=O)CC1)N(C)CCc1cccs1. The van der Waals surface area contributed by atoms with E-state index in [0.29, 0.717) is 6.54 Å². The summed E-state index contributed by atoms with van der Waals surface area (Å²) in [5.41, 5.74) is 6.57. The van der Waals surface area contributed by atoms with E-state index < -0.39 is 0 Å². The number of hydrogen-bond acceptors (Lipinski definition) is 5. The number of rotatable bonds is 8. The first kappa shape index (κ1) is 22.1. The first-order valence-electron chi connectivity index (χ1n) is 10.6. The molecule has 30 heavy (non-hydrogen) atoms. The number of hydrogen-bond donors (Lipinski definition) is 2.